The van der Waals surface area contributed by atoms with Gasteiger partial charge in [0.1, 0.15) is 17.1 Å². The second-order valence-electron chi connectivity index (χ2n) is 14.5. The van der Waals surface area contributed by atoms with E-state index in [1.807, 2.05) is 4.90 Å². The van der Waals surface area contributed by atoms with Crippen LogP contribution < -0.4 is 15.8 Å². The highest BCUT2D eigenvalue weighted by atomic mass is 19.3. The number of methoxy groups -OCH3 is 1. The minimum absolute atomic E-state index is 0.0575. The van der Waals surface area contributed by atoms with E-state index in [1.165, 1.54) is 17.7 Å². The average molecular weight is 663 g/mol. The molecule has 6 atom stereocenters. The Morgan fingerprint density at radius 2 is 1.92 bits per heavy atom. The Bertz CT molecular complexity index is 1970. The SMILES string of the molecule is COc1cc(C(=O)N2C[C@H](N)[C@@H]3CC[C@H]2C3)cc2nc(-c3cc4cc(F)c5cc4n3CC(F)(F)CCC[C@@H]3C[C@H]3C(=O)N[C@@H]5C)n(C)c12. The van der Waals surface area contributed by atoms with Gasteiger partial charge in [-0.15, -0.1) is 0 Å². The molecule has 0 spiro atoms. The largest absolute Gasteiger partial charge is 0.494 e. The van der Waals surface area contributed by atoms with Gasteiger partial charge in [-0.25, -0.2) is 18.2 Å². The van der Waals surface area contributed by atoms with Gasteiger partial charge in [-0.2, -0.15) is 0 Å². The van der Waals surface area contributed by atoms with Crippen LogP contribution in [0, 0.1) is 23.6 Å². The van der Waals surface area contributed by atoms with Gasteiger partial charge in [0.05, 0.1) is 30.9 Å². The zero-order chi connectivity index (χ0) is 33.6. The number of nitrogens with two attached hydrogens (primary N) is 1. The Balaban J connectivity index is 1.24. The number of carbonyl (C=O) groups is 2. The first-order chi connectivity index (χ1) is 22.9. The van der Waals surface area contributed by atoms with Crippen molar-refractivity contribution < 1.29 is 27.5 Å². The molecule has 4 heterocycles. The molecule has 3 N–H and O–H groups in total. The van der Waals surface area contributed by atoms with E-state index in [9.17, 15) is 9.59 Å². The number of benzene rings is 2. The summed E-state index contributed by atoms with van der Waals surface area (Å²) in [5, 5.41) is 3.39. The molecule has 4 bridgehead atoms. The molecule has 48 heavy (non-hydrogen) atoms. The molecule has 0 radical (unpaired) electrons. The monoisotopic (exact) mass is 662 g/mol. The summed E-state index contributed by atoms with van der Waals surface area (Å²) in [5.41, 5.74) is 8.97. The van der Waals surface area contributed by atoms with Gasteiger partial charge in [-0.1, -0.05) is 0 Å². The first-order valence-electron chi connectivity index (χ1n) is 17.0. The van der Waals surface area contributed by atoms with Crippen LogP contribution in [0.1, 0.15) is 73.8 Å². The van der Waals surface area contributed by atoms with Crippen LogP contribution in [-0.2, 0) is 18.4 Å². The van der Waals surface area contributed by atoms with Gasteiger partial charge >= 0.3 is 0 Å². The molecule has 2 aliphatic carbocycles. The Morgan fingerprint density at radius 3 is 2.71 bits per heavy atom. The molecule has 8 rings (SSSR count). The molecule has 2 aromatic carbocycles. The fourth-order valence-corrected chi connectivity index (χ4v) is 8.63. The quantitative estimate of drug-likeness (QED) is 0.283. The van der Waals surface area contributed by atoms with E-state index < -0.39 is 24.3 Å². The van der Waals surface area contributed by atoms with Crippen LogP contribution in [0.25, 0.3) is 33.5 Å². The Hall–Kier alpha value is -4.06. The Labute approximate surface area is 276 Å². The molecule has 2 aromatic heterocycles. The zero-order valence-corrected chi connectivity index (χ0v) is 27.4. The molecular formula is C36H41F3N6O3. The second kappa shape index (κ2) is 11.2. The number of nitrogens with one attached hydrogen (secondary N) is 1. The van der Waals surface area contributed by atoms with E-state index >= 15 is 13.2 Å². The molecule has 9 nitrogen and oxygen atoms in total. The summed E-state index contributed by atoms with van der Waals surface area (Å²) in [7, 11) is 3.30. The van der Waals surface area contributed by atoms with Gasteiger partial charge in [-0.3, -0.25) is 9.59 Å². The third-order valence-corrected chi connectivity index (χ3v) is 11.4. The number of piperidine rings is 1. The van der Waals surface area contributed by atoms with E-state index in [0.717, 1.165) is 19.3 Å². The molecular weight excluding hydrogens is 621 g/mol. The number of hydrogen-bond acceptors (Lipinski definition) is 5. The number of amides is 2. The van der Waals surface area contributed by atoms with Crippen molar-refractivity contribution in [2.45, 2.75) is 82.5 Å². The van der Waals surface area contributed by atoms with Crippen molar-refractivity contribution in [3.8, 4) is 17.3 Å². The molecule has 254 valence electrons. The van der Waals surface area contributed by atoms with Crippen molar-refractivity contribution in [1.29, 1.82) is 0 Å². The molecule has 0 unspecified atom stereocenters. The van der Waals surface area contributed by atoms with Gasteiger partial charge in [0.25, 0.3) is 11.8 Å². The minimum atomic E-state index is -3.06. The second-order valence-corrected chi connectivity index (χ2v) is 14.5. The first kappa shape index (κ1) is 31.2. The van der Waals surface area contributed by atoms with Gasteiger partial charge < -0.3 is 29.8 Å². The van der Waals surface area contributed by atoms with Crippen molar-refractivity contribution in [3.05, 3.63) is 47.3 Å². The third kappa shape index (κ3) is 5.14. The maximum absolute atomic E-state index is 15.8. The number of imidazole rings is 1. The number of ether oxygens (including phenoxy) is 1. The van der Waals surface area contributed by atoms with Crippen LogP contribution >= 0.6 is 0 Å². The zero-order valence-electron chi connectivity index (χ0n) is 27.4. The highest BCUT2D eigenvalue weighted by Gasteiger charge is 2.44. The van der Waals surface area contributed by atoms with Crippen LogP contribution in [0.2, 0.25) is 0 Å². The van der Waals surface area contributed by atoms with Crippen LogP contribution in [0.15, 0.2) is 30.3 Å². The number of rotatable bonds is 3. The molecule has 1 saturated heterocycles. The highest BCUT2D eigenvalue weighted by Crippen LogP contribution is 2.45. The van der Waals surface area contributed by atoms with Gasteiger partial charge in [-0.05, 0) is 87.6 Å². The Morgan fingerprint density at radius 1 is 1.10 bits per heavy atom. The molecule has 2 aliphatic heterocycles. The summed E-state index contributed by atoms with van der Waals surface area (Å²) in [5.74, 6) is -2.74. The lowest BCUT2D eigenvalue weighted by Gasteiger charge is -2.37. The maximum atomic E-state index is 15.8. The van der Waals surface area contributed by atoms with Gasteiger partial charge in [0, 0.05) is 60.0 Å². The number of alkyl halides is 2. The smallest absolute Gasteiger partial charge is 0.265 e. The van der Waals surface area contributed by atoms with E-state index in [0.29, 0.717) is 76.5 Å². The predicted molar refractivity (Wildman–Crippen MR) is 175 cm³/mol. The maximum Gasteiger partial charge on any atom is 0.265 e. The molecule has 4 aromatic rings. The molecule has 4 aliphatic rings. The number of nitrogens with zero attached hydrogens (tertiary/aromatic N) is 4. The number of likely N-dealkylation sites (tertiary alicyclic amines) is 1. The summed E-state index contributed by atoms with van der Waals surface area (Å²) in [6.07, 6.45) is 4.05. The van der Waals surface area contributed by atoms with Crippen molar-refractivity contribution in [3.63, 3.8) is 0 Å². The van der Waals surface area contributed by atoms with Crippen LogP contribution in [-0.4, -0.2) is 62.5 Å². The summed E-state index contributed by atoms with van der Waals surface area (Å²) in [4.78, 5) is 33.5. The average Bonchev–Trinajstić information content (AvgIpc) is 3.39. The fraction of sp³-hybridized carbons (Fsp3) is 0.528. The van der Waals surface area contributed by atoms with Crippen molar-refractivity contribution in [1.82, 2.24) is 24.3 Å². The lowest BCUT2D eigenvalue weighted by Crippen LogP contribution is -2.51. The number of carbonyl (C=O) groups excluding carboxylic acids is 2. The van der Waals surface area contributed by atoms with Crippen LogP contribution in [0.3, 0.4) is 0 Å². The molecule has 3 fully saturated rings. The summed E-state index contributed by atoms with van der Waals surface area (Å²) in [6.45, 7) is 1.60. The van der Waals surface area contributed by atoms with E-state index in [4.69, 9.17) is 15.5 Å². The molecule has 2 saturated carbocycles. The van der Waals surface area contributed by atoms with E-state index in [1.54, 1.807) is 42.8 Å². The standard InChI is InChI=1S/C36H41F3N6O3/c1-18-24-15-29-21(11-26(24)37)13-30(45(29)17-36(38,39)8-4-5-19-10-25(19)34(46)41-18)33-42-28-12-22(14-31(48-3)32(28)43(33)2)35(47)44-16-27(40)20-6-7-23(44)9-20/h11-15,18-20,23,25,27H,4-10,16-17,40H2,1-3H3,(H,41,46)/t18-,19-,20-,23+,25-,27+/m1/s1. The Kier molecular flexibility index (Phi) is 7.32. The van der Waals surface area contributed by atoms with E-state index in [2.05, 4.69) is 5.32 Å². The number of aryl methyl sites for hydroxylation is 1. The predicted octanol–water partition coefficient (Wildman–Crippen LogP) is 5.93. The number of aromatic nitrogens is 3. The normalized spacial score (nSPS) is 28.4. The lowest BCUT2D eigenvalue weighted by atomic mass is 9.94. The number of halogens is 3. The van der Waals surface area contributed by atoms with Gasteiger partial charge in [0.2, 0.25) is 5.91 Å². The summed E-state index contributed by atoms with van der Waals surface area (Å²) >= 11 is 0. The van der Waals surface area contributed by atoms with Crippen molar-refractivity contribution in [2.24, 2.45) is 30.5 Å². The van der Waals surface area contributed by atoms with Gasteiger partial charge in [0.15, 0.2) is 5.82 Å². The summed E-state index contributed by atoms with van der Waals surface area (Å²) in [6, 6.07) is 7.48. The lowest BCUT2D eigenvalue weighted by molar-refractivity contribution is -0.123. The fourth-order valence-electron chi connectivity index (χ4n) is 8.63. The molecule has 2 amide bonds. The molecule has 12 heteroatoms. The van der Waals surface area contributed by atoms with Crippen molar-refractivity contribution >= 4 is 33.8 Å². The van der Waals surface area contributed by atoms with Crippen molar-refractivity contribution in [2.75, 3.05) is 13.7 Å². The number of hydrogen-bond donors (Lipinski definition) is 2. The topological polar surface area (TPSA) is 107 Å². The third-order valence-electron chi connectivity index (χ3n) is 11.4. The first-order valence-corrected chi connectivity index (χ1v) is 17.0. The summed E-state index contributed by atoms with van der Waals surface area (Å²) < 4.78 is 56.2. The minimum Gasteiger partial charge on any atom is -0.494 e. The van der Waals surface area contributed by atoms with Crippen LogP contribution in [0.5, 0.6) is 5.75 Å². The van der Waals surface area contributed by atoms with E-state index in [-0.39, 0.29) is 47.7 Å². The number of fused-ring (bicyclic) bond motifs is 5. The van der Waals surface area contributed by atoms with Crippen LogP contribution in [0.4, 0.5) is 13.2 Å². The highest BCUT2D eigenvalue weighted by molar-refractivity contribution is 6.00.